The van der Waals surface area contributed by atoms with Crippen LogP contribution in [0.1, 0.15) is 5.56 Å². The van der Waals surface area contributed by atoms with Gasteiger partial charge in [0.05, 0.1) is 21.6 Å². The van der Waals surface area contributed by atoms with Gasteiger partial charge in [-0.25, -0.2) is 4.79 Å². The number of anilines is 1. The van der Waals surface area contributed by atoms with Crippen LogP contribution in [0.25, 0.3) is 11.0 Å². The highest BCUT2D eigenvalue weighted by atomic mass is 35.5. The molecule has 120 valence electrons. The van der Waals surface area contributed by atoms with Crippen molar-refractivity contribution in [3.63, 3.8) is 0 Å². The van der Waals surface area contributed by atoms with Gasteiger partial charge < -0.3 is 5.32 Å². The van der Waals surface area contributed by atoms with Gasteiger partial charge in [0.2, 0.25) is 5.91 Å². The third kappa shape index (κ3) is 2.77. The maximum absolute atomic E-state index is 12.3. The molecule has 7 heteroatoms. The summed E-state index contributed by atoms with van der Waals surface area (Å²) in [6.07, 6.45) is 0. The normalized spacial score (nSPS) is 10.5. The van der Waals surface area contributed by atoms with Crippen molar-refractivity contribution in [2.75, 3.05) is 5.32 Å². The van der Waals surface area contributed by atoms with Crippen molar-refractivity contribution in [1.82, 2.24) is 9.13 Å². The molecule has 0 radical (unpaired) electrons. The fourth-order valence-electron chi connectivity index (χ4n) is 2.54. The van der Waals surface area contributed by atoms with Gasteiger partial charge in [0.25, 0.3) is 0 Å². The van der Waals surface area contributed by atoms with Crippen molar-refractivity contribution in [1.29, 1.82) is 5.26 Å². The van der Waals surface area contributed by atoms with E-state index in [4.69, 9.17) is 16.9 Å². The summed E-state index contributed by atoms with van der Waals surface area (Å²) in [6.45, 7) is -0.113. The van der Waals surface area contributed by atoms with Crippen LogP contribution < -0.4 is 11.0 Å². The smallest absolute Gasteiger partial charge is 0.324 e. The number of imidazole rings is 1. The van der Waals surface area contributed by atoms with Crippen molar-refractivity contribution in [2.45, 2.75) is 6.54 Å². The van der Waals surface area contributed by atoms with Gasteiger partial charge in [-0.05, 0) is 30.3 Å². The average molecular weight is 341 g/mol. The number of carbonyl (C=O) groups is 1. The topological polar surface area (TPSA) is 79.8 Å². The van der Waals surface area contributed by atoms with Crippen molar-refractivity contribution >= 4 is 34.2 Å². The number of nitrogens with one attached hydrogen (secondary N) is 1. The Kier molecular flexibility index (Phi) is 4.11. The molecule has 0 bridgehead atoms. The van der Waals surface area contributed by atoms with Gasteiger partial charge in [0, 0.05) is 12.7 Å². The van der Waals surface area contributed by atoms with Gasteiger partial charge in [-0.3, -0.25) is 13.9 Å². The zero-order chi connectivity index (χ0) is 17.3. The molecule has 0 fully saturated rings. The number of amides is 1. The van der Waals surface area contributed by atoms with Crippen molar-refractivity contribution in [3.05, 3.63) is 63.5 Å². The molecule has 2 aromatic carbocycles. The summed E-state index contributed by atoms with van der Waals surface area (Å²) in [5, 5.41) is 11.8. The van der Waals surface area contributed by atoms with E-state index in [1.807, 2.05) is 24.3 Å². The van der Waals surface area contributed by atoms with E-state index in [2.05, 4.69) is 5.32 Å². The number of fused-ring (bicyclic) bond motifs is 1. The van der Waals surface area contributed by atoms with E-state index >= 15 is 0 Å². The zero-order valence-electron chi connectivity index (χ0n) is 12.8. The first-order valence-corrected chi connectivity index (χ1v) is 7.53. The van der Waals surface area contributed by atoms with Crippen molar-refractivity contribution in [3.8, 4) is 6.07 Å². The lowest BCUT2D eigenvalue weighted by Gasteiger charge is -2.07. The molecule has 3 rings (SSSR count). The molecule has 1 amide bonds. The van der Waals surface area contributed by atoms with Gasteiger partial charge in [-0.1, -0.05) is 23.7 Å². The van der Waals surface area contributed by atoms with E-state index in [1.54, 1.807) is 19.2 Å². The highest BCUT2D eigenvalue weighted by Gasteiger charge is 2.13. The number of rotatable bonds is 3. The van der Waals surface area contributed by atoms with Gasteiger partial charge in [0.15, 0.2) is 0 Å². The number of para-hydroxylation sites is 2. The second-order valence-electron chi connectivity index (χ2n) is 5.27. The lowest BCUT2D eigenvalue weighted by atomic mass is 10.2. The molecule has 0 atom stereocenters. The largest absolute Gasteiger partial charge is 0.329 e. The third-order valence-corrected chi connectivity index (χ3v) is 4.04. The summed E-state index contributed by atoms with van der Waals surface area (Å²) < 4.78 is 2.91. The third-order valence-electron chi connectivity index (χ3n) is 3.73. The predicted octanol–water partition coefficient (Wildman–Crippen LogP) is 2.50. The molecule has 0 saturated heterocycles. The lowest BCUT2D eigenvalue weighted by Crippen LogP contribution is -2.28. The zero-order valence-corrected chi connectivity index (χ0v) is 13.5. The van der Waals surface area contributed by atoms with E-state index in [0.717, 1.165) is 5.52 Å². The average Bonchev–Trinajstić information content (AvgIpc) is 2.80. The van der Waals surface area contributed by atoms with Crippen LogP contribution in [0.2, 0.25) is 5.02 Å². The minimum Gasteiger partial charge on any atom is -0.324 e. The van der Waals surface area contributed by atoms with Gasteiger partial charge in [-0.15, -0.1) is 0 Å². The lowest BCUT2D eigenvalue weighted by molar-refractivity contribution is -0.116. The Balaban J connectivity index is 1.86. The number of carbonyl (C=O) groups excluding carboxylic acids is 1. The molecule has 0 spiro atoms. The first kappa shape index (κ1) is 15.8. The standard InChI is InChI=1S/C17H13ClN4O2/c1-21-14-4-2-3-5-15(14)22(17(21)24)10-16(23)20-12-7-6-11(9-19)13(18)8-12/h2-8H,10H2,1H3,(H,20,23). The second kappa shape index (κ2) is 6.22. The van der Waals surface area contributed by atoms with Crippen molar-refractivity contribution < 1.29 is 4.79 Å². The molecule has 1 aromatic heterocycles. The Hall–Kier alpha value is -3.04. The number of benzene rings is 2. The maximum Gasteiger partial charge on any atom is 0.329 e. The fourth-order valence-corrected chi connectivity index (χ4v) is 2.77. The number of hydrogen-bond donors (Lipinski definition) is 1. The molecule has 3 aromatic rings. The quantitative estimate of drug-likeness (QED) is 0.795. The van der Waals surface area contributed by atoms with Crippen LogP contribution in [0.4, 0.5) is 5.69 Å². The van der Waals surface area contributed by atoms with E-state index in [0.29, 0.717) is 16.8 Å². The minimum atomic E-state index is -0.353. The second-order valence-corrected chi connectivity index (χ2v) is 5.68. The Morgan fingerprint density at radius 2 is 1.96 bits per heavy atom. The van der Waals surface area contributed by atoms with Gasteiger partial charge in [-0.2, -0.15) is 5.26 Å². The number of hydrogen-bond acceptors (Lipinski definition) is 3. The highest BCUT2D eigenvalue weighted by molar-refractivity contribution is 6.32. The summed E-state index contributed by atoms with van der Waals surface area (Å²) in [5.74, 6) is -0.353. The molecule has 0 saturated carbocycles. The molecular weight excluding hydrogens is 328 g/mol. The Labute approximate surface area is 142 Å². The number of nitrogens with zero attached hydrogens (tertiary/aromatic N) is 3. The highest BCUT2D eigenvalue weighted by Crippen LogP contribution is 2.20. The van der Waals surface area contributed by atoms with Gasteiger partial charge in [0.1, 0.15) is 12.6 Å². The molecule has 0 aliphatic heterocycles. The fraction of sp³-hybridized carbons (Fsp3) is 0.118. The Bertz CT molecular complexity index is 1040. The van der Waals surface area contributed by atoms with Crippen molar-refractivity contribution in [2.24, 2.45) is 7.05 Å². The van der Waals surface area contributed by atoms with Gasteiger partial charge >= 0.3 is 5.69 Å². The molecule has 6 nitrogen and oxygen atoms in total. The Morgan fingerprint density at radius 3 is 2.62 bits per heavy atom. The van der Waals surface area contributed by atoms with Crippen LogP contribution in [0.5, 0.6) is 0 Å². The van der Waals surface area contributed by atoms with E-state index in [9.17, 15) is 9.59 Å². The predicted molar refractivity (Wildman–Crippen MR) is 92.0 cm³/mol. The van der Waals surface area contributed by atoms with Crippen LogP contribution in [0.15, 0.2) is 47.3 Å². The summed E-state index contributed by atoms with van der Waals surface area (Å²) in [5.41, 5.74) is 2.00. The van der Waals surface area contributed by atoms with E-state index in [1.165, 1.54) is 21.3 Å². The molecule has 0 unspecified atom stereocenters. The van der Waals surface area contributed by atoms with Crippen LogP contribution in [-0.4, -0.2) is 15.0 Å². The summed E-state index contributed by atoms with van der Waals surface area (Å²) in [7, 11) is 1.67. The summed E-state index contributed by atoms with van der Waals surface area (Å²) in [6, 6.07) is 13.9. The molecule has 0 aliphatic rings. The molecule has 1 heterocycles. The minimum absolute atomic E-state index is 0.113. The summed E-state index contributed by atoms with van der Waals surface area (Å²) >= 11 is 5.95. The Morgan fingerprint density at radius 1 is 1.25 bits per heavy atom. The number of aromatic nitrogens is 2. The molecular formula is C17H13ClN4O2. The van der Waals surface area contributed by atoms with Crippen LogP contribution in [-0.2, 0) is 18.4 Å². The van der Waals surface area contributed by atoms with Crippen LogP contribution in [0.3, 0.4) is 0 Å². The SMILES string of the molecule is Cn1c(=O)n(CC(=O)Nc2ccc(C#N)c(Cl)c2)c2ccccc21. The summed E-state index contributed by atoms with van der Waals surface area (Å²) in [4.78, 5) is 24.6. The van der Waals surface area contributed by atoms with Crippen LogP contribution in [0, 0.1) is 11.3 Å². The van der Waals surface area contributed by atoms with E-state index in [-0.39, 0.29) is 23.2 Å². The van der Waals surface area contributed by atoms with Crippen LogP contribution >= 0.6 is 11.6 Å². The number of nitriles is 1. The number of aryl methyl sites for hydroxylation is 1. The molecule has 24 heavy (non-hydrogen) atoms. The molecule has 1 N–H and O–H groups in total. The van der Waals surface area contributed by atoms with E-state index < -0.39 is 0 Å². The molecule has 0 aliphatic carbocycles. The first-order valence-electron chi connectivity index (χ1n) is 7.15. The number of halogens is 1. The maximum atomic E-state index is 12.3. The monoisotopic (exact) mass is 340 g/mol. The first-order chi connectivity index (χ1) is 11.5.